The molecule has 0 unspecified atom stereocenters. The highest BCUT2D eigenvalue weighted by Gasteiger charge is 2.07. The first-order chi connectivity index (χ1) is 9.65. The molecule has 0 saturated carbocycles. The highest BCUT2D eigenvalue weighted by atomic mass is 32.1. The van der Waals surface area contributed by atoms with Crippen LogP contribution < -0.4 is 5.32 Å². The number of thiazole rings is 1. The molecule has 0 fully saturated rings. The van der Waals surface area contributed by atoms with Crippen LogP contribution in [0.3, 0.4) is 0 Å². The Bertz CT molecular complexity index is 551. The number of nitrogens with zero attached hydrogens (tertiary/aromatic N) is 2. The van der Waals surface area contributed by atoms with Crippen molar-refractivity contribution in [2.45, 2.75) is 26.7 Å². The van der Waals surface area contributed by atoms with Crippen molar-refractivity contribution in [1.82, 2.24) is 15.3 Å². The van der Waals surface area contributed by atoms with Gasteiger partial charge < -0.3 is 5.32 Å². The van der Waals surface area contributed by atoms with Crippen molar-refractivity contribution >= 4 is 17.2 Å². The summed E-state index contributed by atoms with van der Waals surface area (Å²) in [5, 5.41) is 5.94. The summed E-state index contributed by atoms with van der Waals surface area (Å²) in [6.07, 6.45) is 4.71. The van der Waals surface area contributed by atoms with Gasteiger partial charge >= 0.3 is 0 Å². The van der Waals surface area contributed by atoms with Gasteiger partial charge in [-0.15, -0.1) is 11.3 Å². The van der Waals surface area contributed by atoms with Gasteiger partial charge in [0.25, 0.3) is 0 Å². The molecule has 5 heteroatoms. The van der Waals surface area contributed by atoms with E-state index in [9.17, 15) is 4.79 Å². The standard InChI is InChI=1S/C15H19N3OS/c1-11(2)9-17-14(19)3-4-15-18-13(10-20-15)12-5-7-16-8-6-12/h5-8,10-11H,3-4,9H2,1-2H3,(H,17,19). The van der Waals surface area contributed by atoms with Crippen molar-refractivity contribution in [3.63, 3.8) is 0 Å². The average molecular weight is 289 g/mol. The van der Waals surface area contributed by atoms with E-state index in [0.717, 1.165) is 22.8 Å². The number of aromatic nitrogens is 2. The predicted molar refractivity (Wildman–Crippen MR) is 81.5 cm³/mol. The van der Waals surface area contributed by atoms with E-state index in [0.29, 0.717) is 18.8 Å². The molecular formula is C15H19N3OS. The van der Waals surface area contributed by atoms with Gasteiger partial charge in [-0.2, -0.15) is 0 Å². The lowest BCUT2D eigenvalue weighted by atomic mass is 10.2. The summed E-state index contributed by atoms with van der Waals surface area (Å²) in [5.41, 5.74) is 2.02. The van der Waals surface area contributed by atoms with Crippen LogP contribution in [-0.2, 0) is 11.2 Å². The number of amides is 1. The van der Waals surface area contributed by atoms with Gasteiger partial charge in [0.05, 0.1) is 10.7 Å². The predicted octanol–water partition coefficient (Wildman–Crippen LogP) is 2.91. The maximum Gasteiger partial charge on any atom is 0.220 e. The molecule has 20 heavy (non-hydrogen) atoms. The van der Waals surface area contributed by atoms with Crippen molar-refractivity contribution < 1.29 is 4.79 Å². The molecule has 2 aromatic heterocycles. The molecule has 0 aliphatic rings. The van der Waals surface area contributed by atoms with Crippen molar-refractivity contribution in [3.8, 4) is 11.3 Å². The highest BCUT2D eigenvalue weighted by molar-refractivity contribution is 7.09. The van der Waals surface area contributed by atoms with Crippen LogP contribution in [0.15, 0.2) is 29.9 Å². The van der Waals surface area contributed by atoms with Crippen molar-refractivity contribution in [1.29, 1.82) is 0 Å². The number of pyridine rings is 1. The Morgan fingerprint density at radius 1 is 1.35 bits per heavy atom. The third-order valence-corrected chi connectivity index (χ3v) is 3.71. The Morgan fingerprint density at radius 2 is 2.10 bits per heavy atom. The molecule has 0 spiro atoms. The summed E-state index contributed by atoms with van der Waals surface area (Å²) in [5.74, 6) is 0.580. The molecule has 106 valence electrons. The van der Waals surface area contributed by atoms with Crippen LogP contribution in [0.4, 0.5) is 0 Å². The fourth-order valence-corrected chi connectivity index (χ4v) is 2.52. The minimum Gasteiger partial charge on any atom is -0.356 e. The molecule has 0 aromatic carbocycles. The minimum absolute atomic E-state index is 0.0966. The zero-order valence-corrected chi connectivity index (χ0v) is 12.6. The largest absolute Gasteiger partial charge is 0.356 e. The number of aryl methyl sites for hydroxylation is 1. The van der Waals surface area contributed by atoms with Crippen LogP contribution in [0.5, 0.6) is 0 Å². The van der Waals surface area contributed by atoms with Gasteiger partial charge in [-0.25, -0.2) is 4.98 Å². The van der Waals surface area contributed by atoms with Gasteiger partial charge in [0, 0.05) is 42.7 Å². The number of hydrogen-bond donors (Lipinski definition) is 1. The SMILES string of the molecule is CC(C)CNC(=O)CCc1nc(-c2ccncc2)cs1. The molecule has 4 nitrogen and oxygen atoms in total. The molecule has 2 heterocycles. The number of rotatable bonds is 6. The molecule has 2 rings (SSSR count). The lowest BCUT2D eigenvalue weighted by molar-refractivity contribution is -0.121. The van der Waals surface area contributed by atoms with E-state index in [-0.39, 0.29) is 5.91 Å². The summed E-state index contributed by atoms with van der Waals surface area (Å²) in [7, 11) is 0. The van der Waals surface area contributed by atoms with Crippen LogP contribution in [0, 0.1) is 5.92 Å². The maximum atomic E-state index is 11.7. The van der Waals surface area contributed by atoms with Crippen molar-refractivity contribution in [3.05, 3.63) is 34.9 Å². The number of carbonyl (C=O) groups excluding carboxylic acids is 1. The second kappa shape index (κ2) is 7.14. The van der Waals surface area contributed by atoms with E-state index >= 15 is 0 Å². The average Bonchev–Trinajstić information content (AvgIpc) is 2.93. The molecule has 0 atom stereocenters. The maximum absolute atomic E-state index is 11.7. The zero-order valence-electron chi connectivity index (χ0n) is 11.8. The molecule has 0 bridgehead atoms. The molecule has 0 aliphatic heterocycles. The van der Waals surface area contributed by atoms with Gasteiger partial charge in [0.1, 0.15) is 0 Å². The Hall–Kier alpha value is -1.75. The van der Waals surface area contributed by atoms with E-state index in [2.05, 4.69) is 29.1 Å². The Balaban J connectivity index is 1.86. The topological polar surface area (TPSA) is 54.9 Å². The highest BCUT2D eigenvalue weighted by Crippen LogP contribution is 2.21. The van der Waals surface area contributed by atoms with Crippen LogP contribution >= 0.6 is 11.3 Å². The van der Waals surface area contributed by atoms with E-state index in [4.69, 9.17) is 0 Å². The second-order valence-electron chi connectivity index (χ2n) is 5.06. The number of hydrogen-bond acceptors (Lipinski definition) is 4. The second-order valence-corrected chi connectivity index (χ2v) is 6.00. The normalized spacial score (nSPS) is 10.8. The molecule has 0 radical (unpaired) electrons. The van der Waals surface area contributed by atoms with E-state index in [1.165, 1.54) is 0 Å². The van der Waals surface area contributed by atoms with Crippen molar-refractivity contribution in [2.75, 3.05) is 6.54 Å². The molecule has 0 saturated heterocycles. The van der Waals surface area contributed by atoms with E-state index in [1.54, 1.807) is 23.7 Å². The lowest BCUT2D eigenvalue weighted by Crippen LogP contribution is -2.27. The first-order valence-electron chi connectivity index (χ1n) is 6.76. The summed E-state index contributed by atoms with van der Waals surface area (Å²) in [4.78, 5) is 20.2. The molecule has 1 amide bonds. The first kappa shape index (κ1) is 14.7. The summed E-state index contributed by atoms with van der Waals surface area (Å²) in [6.45, 7) is 4.91. The number of nitrogens with one attached hydrogen (secondary N) is 1. The van der Waals surface area contributed by atoms with Gasteiger partial charge in [0.2, 0.25) is 5.91 Å². The minimum atomic E-state index is 0.0966. The molecular weight excluding hydrogens is 270 g/mol. The first-order valence-corrected chi connectivity index (χ1v) is 7.64. The molecule has 2 aromatic rings. The summed E-state index contributed by atoms with van der Waals surface area (Å²) >= 11 is 1.60. The third kappa shape index (κ3) is 4.42. The van der Waals surface area contributed by atoms with Crippen LogP contribution in [-0.4, -0.2) is 22.4 Å². The number of carbonyl (C=O) groups is 1. The Morgan fingerprint density at radius 3 is 2.80 bits per heavy atom. The van der Waals surface area contributed by atoms with Crippen LogP contribution in [0.2, 0.25) is 0 Å². The summed E-state index contributed by atoms with van der Waals surface area (Å²) < 4.78 is 0. The van der Waals surface area contributed by atoms with Crippen molar-refractivity contribution in [2.24, 2.45) is 5.92 Å². The van der Waals surface area contributed by atoms with Crippen LogP contribution in [0.25, 0.3) is 11.3 Å². The fourth-order valence-electron chi connectivity index (χ4n) is 1.71. The Kier molecular flexibility index (Phi) is 5.24. The molecule has 0 aliphatic carbocycles. The van der Waals surface area contributed by atoms with Gasteiger partial charge in [0.15, 0.2) is 0 Å². The summed E-state index contributed by atoms with van der Waals surface area (Å²) in [6, 6.07) is 3.88. The fraction of sp³-hybridized carbons (Fsp3) is 0.400. The van der Waals surface area contributed by atoms with Gasteiger partial charge in [-0.3, -0.25) is 9.78 Å². The zero-order chi connectivity index (χ0) is 14.4. The van der Waals surface area contributed by atoms with Crippen LogP contribution in [0.1, 0.15) is 25.3 Å². The molecule has 1 N–H and O–H groups in total. The van der Waals surface area contributed by atoms with E-state index in [1.807, 2.05) is 17.5 Å². The van der Waals surface area contributed by atoms with Gasteiger partial charge in [-0.05, 0) is 18.1 Å². The Labute approximate surface area is 123 Å². The quantitative estimate of drug-likeness (QED) is 0.889. The van der Waals surface area contributed by atoms with E-state index < -0.39 is 0 Å². The lowest BCUT2D eigenvalue weighted by Gasteiger charge is -2.06. The monoisotopic (exact) mass is 289 g/mol. The smallest absolute Gasteiger partial charge is 0.220 e. The third-order valence-electron chi connectivity index (χ3n) is 2.80. The van der Waals surface area contributed by atoms with Gasteiger partial charge in [-0.1, -0.05) is 13.8 Å².